The minimum absolute atomic E-state index is 0.00717. The Bertz CT molecular complexity index is 891. The number of nitriles is 1. The van der Waals surface area contributed by atoms with Gasteiger partial charge in [0, 0.05) is 12.1 Å². The van der Waals surface area contributed by atoms with Gasteiger partial charge in [0.15, 0.2) is 17.2 Å². The molecule has 2 aromatic rings. The van der Waals surface area contributed by atoms with Gasteiger partial charge in [-0.15, -0.1) is 0 Å². The van der Waals surface area contributed by atoms with E-state index in [1.807, 2.05) is 6.07 Å². The zero-order valence-corrected chi connectivity index (χ0v) is 13.9. The Morgan fingerprint density at radius 2 is 1.88 bits per heavy atom. The number of ether oxygens (including phenoxy) is 3. The molecule has 0 aliphatic heterocycles. The van der Waals surface area contributed by atoms with E-state index in [9.17, 15) is 14.9 Å². The van der Waals surface area contributed by atoms with Crippen molar-refractivity contribution in [3.05, 3.63) is 56.6 Å². The zero-order chi connectivity index (χ0) is 18.6. The van der Waals surface area contributed by atoms with Crippen LogP contribution in [0.5, 0.6) is 17.2 Å². The summed E-state index contributed by atoms with van der Waals surface area (Å²) in [6.07, 6.45) is 0. The van der Waals surface area contributed by atoms with Crippen molar-refractivity contribution >= 4 is 23.3 Å². The summed E-state index contributed by atoms with van der Waals surface area (Å²) < 4.78 is 15.1. The maximum Gasteiger partial charge on any atom is 0.343 e. The number of methoxy groups -OCH3 is 2. The van der Waals surface area contributed by atoms with Crippen molar-refractivity contribution in [2.75, 3.05) is 14.2 Å². The van der Waals surface area contributed by atoms with E-state index in [1.165, 1.54) is 38.5 Å². The predicted octanol–water partition coefficient (Wildman–Crippen LogP) is 3.36. The van der Waals surface area contributed by atoms with E-state index in [0.29, 0.717) is 0 Å². The summed E-state index contributed by atoms with van der Waals surface area (Å²) in [5.74, 6) is -0.877. The molecule has 0 saturated heterocycles. The van der Waals surface area contributed by atoms with Gasteiger partial charge in [0.25, 0.3) is 0 Å². The highest BCUT2D eigenvalue weighted by Gasteiger charge is 2.21. The Balaban J connectivity index is 2.40. The maximum atomic E-state index is 12.3. The van der Waals surface area contributed by atoms with Crippen LogP contribution in [0.1, 0.15) is 15.9 Å². The van der Waals surface area contributed by atoms with E-state index in [2.05, 4.69) is 0 Å². The summed E-state index contributed by atoms with van der Waals surface area (Å²) in [5.41, 5.74) is -0.230. The molecule has 0 atom stereocenters. The number of benzene rings is 2. The smallest absolute Gasteiger partial charge is 0.343 e. The SMILES string of the molecule is COc1ccc(C(=O)Oc2c(Cl)cc(C#N)cc2OC)cc1[N+](=O)[O-]. The number of nitro groups is 1. The number of carbonyl (C=O) groups excluding carboxylic acids is 1. The molecule has 0 amide bonds. The number of carbonyl (C=O) groups is 1. The topological polar surface area (TPSA) is 112 Å². The highest BCUT2D eigenvalue weighted by Crippen LogP contribution is 2.37. The van der Waals surface area contributed by atoms with Gasteiger partial charge in [-0.05, 0) is 18.2 Å². The van der Waals surface area contributed by atoms with E-state index < -0.39 is 10.9 Å². The fraction of sp³-hybridized carbons (Fsp3) is 0.125. The summed E-state index contributed by atoms with van der Waals surface area (Å²) in [7, 11) is 2.60. The summed E-state index contributed by atoms with van der Waals surface area (Å²) in [6.45, 7) is 0. The van der Waals surface area contributed by atoms with E-state index in [0.717, 1.165) is 6.07 Å². The van der Waals surface area contributed by atoms with Gasteiger partial charge in [-0.2, -0.15) is 5.26 Å². The van der Waals surface area contributed by atoms with Crippen LogP contribution < -0.4 is 14.2 Å². The highest BCUT2D eigenvalue weighted by molar-refractivity contribution is 6.32. The fourth-order valence-corrected chi connectivity index (χ4v) is 2.24. The molecule has 0 saturated carbocycles. The van der Waals surface area contributed by atoms with E-state index in [1.54, 1.807) is 0 Å². The molecular weight excluding hydrogens is 352 g/mol. The van der Waals surface area contributed by atoms with Crippen LogP contribution in [-0.4, -0.2) is 25.1 Å². The quantitative estimate of drug-likeness (QED) is 0.347. The molecule has 0 fully saturated rings. The Labute approximate surface area is 147 Å². The minimum Gasteiger partial charge on any atom is -0.493 e. The molecule has 128 valence electrons. The first kappa shape index (κ1) is 18.0. The Morgan fingerprint density at radius 3 is 2.44 bits per heavy atom. The Morgan fingerprint density at radius 1 is 1.20 bits per heavy atom. The van der Waals surface area contributed by atoms with Crippen molar-refractivity contribution in [1.29, 1.82) is 5.26 Å². The molecule has 0 radical (unpaired) electrons. The minimum atomic E-state index is -0.879. The van der Waals surface area contributed by atoms with Gasteiger partial charge in [-0.1, -0.05) is 11.6 Å². The largest absolute Gasteiger partial charge is 0.493 e. The molecule has 25 heavy (non-hydrogen) atoms. The second-order valence-corrected chi connectivity index (χ2v) is 5.04. The summed E-state index contributed by atoms with van der Waals surface area (Å²) in [5, 5.41) is 20.0. The van der Waals surface area contributed by atoms with Crippen LogP contribution in [0.15, 0.2) is 30.3 Å². The van der Waals surface area contributed by atoms with E-state index >= 15 is 0 Å². The molecule has 0 aromatic heterocycles. The van der Waals surface area contributed by atoms with Crippen molar-refractivity contribution in [3.8, 4) is 23.3 Å². The van der Waals surface area contributed by atoms with Crippen LogP contribution in [0.25, 0.3) is 0 Å². The lowest BCUT2D eigenvalue weighted by Gasteiger charge is -2.11. The average molecular weight is 363 g/mol. The van der Waals surface area contributed by atoms with Crippen molar-refractivity contribution in [2.24, 2.45) is 0 Å². The standard InChI is InChI=1S/C16H11ClN2O6/c1-23-13-4-3-10(7-12(13)19(21)22)16(20)25-15-11(17)5-9(8-18)6-14(15)24-2/h3-7H,1-2H3. The average Bonchev–Trinajstić information content (AvgIpc) is 2.62. The molecule has 2 rings (SSSR count). The second-order valence-electron chi connectivity index (χ2n) is 4.63. The van der Waals surface area contributed by atoms with Crippen LogP contribution in [0.3, 0.4) is 0 Å². The van der Waals surface area contributed by atoms with E-state index in [-0.39, 0.29) is 39.1 Å². The molecule has 8 nitrogen and oxygen atoms in total. The number of hydrogen-bond donors (Lipinski definition) is 0. The Kier molecular flexibility index (Phi) is 5.41. The maximum absolute atomic E-state index is 12.3. The van der Waals surface area contributed by atoms with Crippen LogP contribution >= 0.6 is 11.6 Å². The fourth-order valence-electron chi connectivity index (χ4n) is 1.99. The predicted molar refractivity (Wildman–Crippen MR) is 87.3 cm³/mol. The Hall–Kier alpha value is -3.31. The van der Waals surface area contributed by atoms with Gasteiger partial charge >= 0.3 is 11.7 Å². The van der Waals surface area contributed by atoms with Crippen LogP contribution in [-0.2, 0) is 0 Å². The van der Waals surface area contributed by atoms with E-state index in [4.69, 9.17) is 31.1 Å². The van der Waals surface area contributed by atoms with Crippen LogP contribution in [0.2, 0.25) is 5.02 Å². The molecule has 0 bridgehead atoms. The van der Waals surface area contributed by atoms with Gasteiger partial charge in [-0.25, -0.2) is 4.79 Å². The molecular formula is C16H11ClN2O6. The number of nitrogens with zero attached hydrogens (tertiary/aromatic N) is 2. The molecule has 0 aliphatic carbocycles. The molecule has 0 unspecified atom stereocenters. The van der Waals surface area contributed by atoms with Gasteiger partial charge < -0.3 is 14.2 Å². The normalized spacial score (nSPS) is 9.84. The number of rotatable bonds is 5. The summed E-state index contributed by atoms with van der Waals surface area (Å²) in [4.78, 5) is 22.7. The van der Waals surface area contributed by atoms with Crippen molar-refractivity contribution < 1.29 is 23.9 Å². The van der Waals surface area contributed by atoms with Crippen LogP contribution in [0, 0.1) is 21.4 Å². The second kappa shape index (κ2) is 7.51. The summed E-state index contributed by atoms with van der Waals surface area (Å²) in [6, 6.07) is 8.19. The lowest BCUT2D eigenvalue weighted by atomic mass is 10.2. The van der Waals surface area contributed by atoms with Crippen molar-refractivity contribution in [3.63, 3.8) is 0 Å². The number of hydrogen-bond acceptors (Lipinski definition) is 7. The first-order valence-electron chi connectivity index (χ1n) is 6.73. The van der Waals surface area contributed by atoms with Crippen molar-refractivity contribution in [2.45, 2.75) is 0 Å². The molecule has 9 heteroatoms. The van der Waals surface area contributed by atoms with Crippen LogP contribution in [0.4, 0.5) is 5.69 Å². The third-order valence-electron chi connectivity index (χ3n) is 3.16. The molecule has 0 N–H and O–H groups in total. The number of halogens is 1. The lowest BCUT2D eigenvalue weighted by Crippen LogP contribution is -2.10. The summed E-state index contributed by atoms with van der Waals surface area (Å²) >= 11 is 6.02. The van der Waals surface area contributed by atoms with Gasteiger partial charge in [0.1, 0.15) is 0 Å². The number of nitro benzene ring substituents is 1. The monoisotopic (exact) mass is 362 g/mol. The van der Waals surface area contributed by atoms with Gasteiger partial charge in [-0.3, -0.25) is 10.1 Å². The van der Waals surface area contributed by atoms with Gasteiger partial charge in [0.2, 0.25) is 0 Å². The third-order valence-corrected chi connectivity index (χ3v) is 3.45. The first-order chi connectivity index (χ1) is 11.9. The van der Waals surface area contributed by atoms with Crippen molar-refractivity contribution in [1.82, 2.24) is 0 Å². The lowest BCUT2D eigenvalue weighted by molar-refractivity contribution is -0.385. The molecule has 2 aromatic carbocycles. The number of esters is 1. The highest BCUT2D eigenvalue weighted by atomic mass is 35.5. The molecule has 0 aliphatic rings. The zero-order valence-electron chi connectivity index (χ0n) is 13.1. The third kappa shape index (κ3) is 3.79. The molecule has 0 spiro atoms. The van der Waals surface area contributed by atoms with Gasteiger partial charge in [0.05, 0.1) is 41.4 Å². The first-order valence-corrected chi connectivity index (χ1v) is 7.11. The molecule has 0 heterocycles.